The first kappa shape index (κ1) is 19.1. The summed E-state index contributed by atoms with van der Waals surface area (Å²) in [4.78, 5) is 12.9. The Morgan fingerprint density at radius 1 is 1.23 bits per heavy atom. The van der Waals surface area contributed by atoms with Gasteiger partial charge in [0.1, 0.15) is 0 Å². The molecule has 3 rings (SSSR count). The highest BCUT2D eigenvalue weighted by Crippen LogP contribution is 2.66. The molecule has 26 heavy (non-hydrogen) atoms. The molecule has 3 atom stereocenters. The van der Waals surface area contributed by atoms with Crippen molar-refractivity contribution in [2.75, 3.05) is 14.2 Å². The molecule has 0 unspecified atom stereocenters. The van der Waals surface area contributed by atoms with E-state index in [0.29, 0.717) is 5.75 Å². The van der Waals surface area contributed by atoms with Crippen LogP contribution < -0.4 is 4.74 Å². The number of hydrogen-bond acceptors (Lipinski definition) is 4. The van der Waals surface area contributed by atoms with E-state index in [1.54, 1.807) is 7.11 Å². The largest absolute Gasteiger partial charge is 0.504 e. The van der Waals surface area contributed by atoms with Gasteiger partial charge in [-0.3, -0.25) is 4.79 Å². The molecule has 0 heterocycles. The SMILES string of the molecule is COC(=O)[C@@H]1c2cc(C(C)C)c(OC)c(O)c2[C@@]2(C)CCCC(C)(C)[C@H]12. The fourth-order valence-corrected chi connectivity index (χ4v) is 5.93. The van der Waals surface area contributed by atoms with Crippen molar-refractivity contribution >= 4 is 5.97 Å². The van der Waals surface area contributed by atoms with Gasteiger partial charge in [0.2, 0.25) is 0 Å². The number of carbonyl (C=O) groups is 1. The Morgan fingerprint density at radius 3 is 2.42 bits per heavy atom. The lowest BCUT2D eigenvalue weighted by atomic mass is 9.55. The quantitative estimate of drug-likeness (QED) is 0.781. The molecule has 1 fully saturated rings. The molecule has 0 saturated heterocycles. The van der Waals surface area contributed by atoms with Crippen LogP contribution in [0.25, 0.3) is 0 Å². The van der Waals surface area contributed by atoms with Crippen molar-refractivity contribution in [2.45, 2.75) is 71.1 Å². The van der Waals surface area contributed by atoms with Gasteiger partial charge in [0.25, 0.3) is 0 Å². The Balaban J connectivity index is 2.36. The van der Waals surface area contributed by atoms with Crippen LogP contribution in [0.5, 0.6) is 11.5 Å². The summed E-state index contributed by atoms with van der Waals surface area (Å²) in [5.74, 6) is 0.504. The van der Waals surface area contributed by atoms with Crippen molar-refractivity contribution < 1.29 is 19.4 Å². The van der Waals surface area contributed by atoms with Crippen LogP contribution in [0, 0.1) is 11.3 Å². The summed E-state index contributed by atoms with van der Waals surface area (Å²) < 4.78 is 10.8. The van der Waals surface area contributed by atoms with Crippen LogP contribution in [0.3, 0.4) is 0 Å². The first-order valence-electron chi connectivity index (χ1n) is 9.62. The number of ether oxygens (including phenoxy) is 2. The van der Waals surface area contributed by atoms with Crippen LogP contribution in [-0.2, 0) is 14.9 Å². The van der Waals surface area contributed by atoms with E-state index in [9.17, 15) is 9.90 Å². The monoisotopic (exact) mass is 360 g/mol. The average molecular weight is 360 g/mol. The summed E-state index contributed by atoms with van der Waals surface area (Å²) in [5, 5.41) is 11.2. The molecular weight excluding hydrogens is 328 g/mol. The third kappa shape index (κ3) is 2.44. The zero-order valence-corrected chi connectivity index (χ0v) is 17.1. The third-order valence-electron chi connectivity index (χ3n) is 6.88. The Bertz CT molecular complexity index is 734. The normalized spacial score (nSPS) is 29.2. The van der Waals surface area contributed by atoms with Gasteiger partial charge in [-0.1, -0.05) is 47.1 Å². The van der Waals surface area contributed by atoms with Crippen molar-refractivity contribution in [3.05, 3.63) is 22.8 Å². The van der Waals surface area contributed by atoms with Crippen LogP contribution in [-0.4, -0.2) is 25.3 Å². The van der Waals surface area contributed by atoms with Crippen molar-refractivity contribution in [3.8, 4) is 11.5 Å². The van der Waals surface area contributed by atoms with Crippen LogP contribution in [0.4, 0.5) is 0 Å². The van der Waals surface area contributed by atoms with Crippen molar-refractivity contribution in [1.82, 2.24) is 0 Å². The number of phenols is 1. The van der Waals surface area contributed by atoms with E-state index in [0.717, 1.165) is 36.0 Å². The van der Waals surface area contributed by atoms with Gasteiger partial charge in [-0.25, -0.2) is 0 Å². The lowest BCUT2D eigenvalue weighted by Gasteiger charge is -2.49. The molecule has 1 aromatic carbocycles. The number of methoxy groups -OCH3 is 2. The molecule has 0 aliphatic heterocycles. The second kappa shape index (κ2) is 6.17. The van der Waals surface area contributed by atoms with Crippen LogP contribution in [0.2, 0.25) is 0 Å². The number of hydrogen-bond donors (Lipinski definition) is 1. The Kier molecular flexibility index (Phi) is 4.53. The zero-order valence-electron chi connectivity index (χ0n) is 17.1. The summed E-state index contributed by atoms with van der Waals surface area (Å²) in [5.41, 5.74) is 2.50. The first-order chi connectivity index (χ1) is 12.1. The van der Waals surface area contributed by atoms with E-state index < -0.39 is 0 Å². The van der Waals surface area contributed by atoms with E-state index in [4.69, 9.17) is 9.47 Å². The minimum atomic E-state index is -0.343. The highest BCUT2D eigenvalue weighted by Gasteiger charge is 2.60. The van der Waals surface area contributed by atoms with Crippen LogP contribution >= 0.6 is 0 Å². The highest BCUT2D eigenvalue weighted by molar-refractivity contribution is 5.83. The number of esters is 1. The third-order valence-corrected chi connectivity index (χ3v) is 6.88. The number of phenolic OH excluding ortho intramolecular Hbond substituents is 1. The topological polar surface area (TPSA) is 55.8 Å². The predicted octanol–water partition coefficient (Wildman–Crippen LogP) is 4.88. The molecule has 0 bridgehead atoms. The Labute approximate surface area is 156 Å². The van der Waals surface area contributed by atoms with Gasteiger partial charge in [0.05, 0.1) is 20.1 Å². The number of benzene rings is 1. The maximum atomic E-state index is 12.9. The molecule has 144 valence electrons. The van der Waals surface area contributed by atoms with Crippen LogP contribution in [0.1, 0.15) is 82.4 Å². The molecular formula is C22H32O4. The van der Waals surface area contributed by atoms with Gasteiger partial charge in [0, 0.05) is 16.5 Å². The Hall–Kier alpha value is -1.71. The van der Waals surface area contributed by atoms with Crippen LogP contribution in [0.15, 0.2) is 6.07 Å². The second-order valence-corrected chi connectivity index (χ2v) is 9.20. The Morgan fingerprint density at radius 2 is 1.88 bits per heavy atom. The minimum Gasteiger partial charge on any atom is -0.504 e. The molecule has 1 N–H and O–H groups in total. The number of carbonyl (C=O) groups excluding carboxylic acids is 1. The maximum absolute atomic E-state index is 12.9. The van der Waals surface area contributed by atoms with E-state index in [-0.39, 0.29) is 40.3 Å². The minimum absolute atomic E-state index is 0.0114. The molecule has 4 heteroatoms. The molecule has 0 spiro atoms. The van der Waals surface area contributed by atoms with Gasteiger partial charge in [0.15, 0.2) is 11.5 Å². The molecule has 0 amide bonds. The summed E-state index contributed by atoms with van der Waals surface area (Å²) in [6.07, 6.45) is 3.12. The molecule has 1 aromatic rings. The zero-order chi connectivity index (χ0) is 19.4. The number of fused-ring (bicyclic) bond motifs is 3. The van der Waals surface area contributed by atoms with Gasteiger partial charge >= 0.3 is 5.97 Å². The van der Waals surface area contributed by atoms with Gasteiger partial charge in [-0.2, -0.15) is 0 Å². The van der Waals surface area contributed by atoms with E-state index >= 15 is 0 Å². The summed E-state index contributed by atoms with van der Waals surface area (Å²) in [7, 11) is 3.06. The second-order valence-electron chi connectivity index (χ2n) is 9.20. The fraction of sp³-hybridized carbons (Fsp3) is 0.682. The van der Waals surface area contributed by atoms with Gasteiger partial charge in [-0.15, -0.1) is 0 Å². The molecule has 1 saturated carbocycles. The number of rotatable bonds is 3. The molecule has 0 aromatic heterocycles. The summed E-state index contributed by atoms with van der Waals surface area (Å²) in [6, 6.07) is 2.08. The van der Waals surface area contributed by atoms with E-state index in [1.807, 2.05) is 0 Å². The van der Waals surface area contributed by atoms with Gasteiger partial charge < -0.3 is 14.6 Å². The summed E-state index contributed by atoms with van der Waals surface area (Å²) in [6.45, 7) is 10.8. The highest BCUT2D eigenvalue weighted by atomic mass is 16.5. The maximum Gasteiger partial charge on any atom is 0.313 e. The van der Waals surface area contributed by atoms with Crippen molar-refractivity contribution in [2.24, 2.45) is 11.3 Å². The lowest BCUT2D eigenvalue weighted by molar-refractivity contribution is -0.146. The van der Waals surface area contributed by atoms with Crippen molar-refractivity contribution in [1.29, 1.82) is 0 Å². The van der Waals surface area contributed by atoms with Gasteiger partial charge in [-0.05, 0) is 35.7 Å². The summed E-state index contributed by atoms with van der Waals surface area (Å²) >= 11 is 0. The fourth-order valence-electron chi connectivity index (χ4n) is 5.93. The smallest absolute Gasteiger partial charge is 0.313 e. The average Bonchev–Trinajstić information content (AvgIpc) is 2.84. The molecule has 4 nitrogen and oxygen atoms in total. The molecule has 2 aliphatic rings. The number of aromatic hydroxyl groups is 1. The van der Waals surface area contributed by atoms with E-state index in [1.165, 1.54) is 7.11 Å². The first-order valence-corrected chi connectivity index (χ1v) is 9.62. The lowest BCUT2D eigenvalue weighted by Crippen LogP contribution is -2.45. The van der Waals surface area contributed by atoms with Crippen molar-refractivity contribution in [3.63, 3.8) is 0 Å². The molecule has 2 aliphatic carbocycles. The predicted molar refractivity (Wildman–Crippen MR) is 102 cm³/mol. The van der Waals surface area contributed by atoms with E-state index in [2.05, 4.69) is 40.7 Å². The standard InChI is InChI=1S/C22H32O4/c1-12(2)13-11-14-15(20(24)26-7)19-21(3,4)9-8-10-22(19,5)16(14)17(23)18(13)25-6/h11-12,15,19,23H,8-10H2,1-7H3/t15-,19+,22-/m1/s1. The molecule has 0 radical (unpaired) electrons.